The predicted molar refractivity (Wildman–Crippen MR) is 158 cm³/mol. The van der Waals surface area contributed by atoms with Crippen molar-refractivity contribution in [2.75, 3.05) is 24.9 Å². The summed E-state index contributed by atoms with van der Waals surface area (Å²) in [4.78, 5) is 34.0. The summed E-state index contributed by atoms with van der Waals surface area (Å²) < 4.78 is 33.2. The molecule has 2 aliphatic carbocycles. The summed E-state index contributed by atoms with van der Waals surface area (Å²) in [6, 6.07) is 3.45. The summed E-state index contributed by atoms with van der Waals surface area (Å²) in [5.41, 5.74) is 1.62. The molecule has 0 aliphatic heterocycles. The number of carbonyl (C=O) groups excluding carboxylic acids is 1. The van der Waals surface area contributed by atoms with Crippen LogP contribution in [-0.4, -0.2) is 70.7 Å². The zero-order valence-corrected chi connectivity index (χ0v) is 25.1. The third-order valence-corrected chi connectivity index (χ3v) is 10.4. The Hall–Kier alpha value is -3.16. The largest absolute Gasteiger partial charge is 0.477 e. The molecule has 2 saturated carbocycles. The SMILES string of the molecule is CCOc1cncc(-c2cnc(C(=O)N[C@H](CCN(C)C3CCCCC3)c3cc(NS(=O)(=O)C4CC4)ccn3)s2)n1. The van der Waals surface area contributed by atoms with Crippen LogP contribution in [-0.2, 0) is 10.0 Å². The van der Waals surface area contributed by atoms with Gasteiger partial charge < -0.3 is 15.0 Å². The average molecular weight is 600 g/mol. The van der Waals surface area contributed by atoms with E-state index >= 15 is 0 Å². The third kappa shape index (κ3) is 7.77. The van der Waals surface area contributed by atoms with Crippen molar-refractivity contribution >= 4 is 33.0 Å². The van der Waals surface area contributed by atoms with Crippen molar-refractivity contribution in [3.8, 4) is 16.5 Å². The molecule has 3 heterocycles. The Morgan fingerprint density at radius 2 is 1.95 bits per heavy atom. The molecule has 2 fully saturated rings. The summed E-state index contributed by atoms with van der Waals surface area (Å²) >= 11 is 1.22. The number of pyridine rings is 1. The third-order valence-electron chi connectivity index (χ3n) is 7.49. The Bertz CT molecular complexity index is 1440. The van der Waals surface area contributed by atoms with E-state index in [1.54, 1.807) is 36.9 Å². The molecule has 0 aromatic carbocycles. The molecule has 1 atom stereocenters. The maximum absolute atomic E-state index is 13.4. The van der Waals surface area contributed by atoms with Gasteiger partial charge in [0, 0.05) is 25.0 Å². The number of nitrogens with one attached hydrogen (secondary N) is 2. The topological polar surface area (TPSA) is 139 Å². The zero-order valence-electron chi connectivity index (χ0n) is 23.5. The molecule has 0 spiro atoms. The first-order valence-electron chi connectivity index (χ1n) is 14.2. The first kappa shape index (κ1) is 29.3. The zero-order chi connectivity index (χ0) is 28.8. The van der Waals surface area contributed by atoms with Gasteiger partial charge in [0.05, 0.1) is 46.6 Å². The van der Waals surface area contributed by atoms with Crippen molar-refractivity contribution < 1.29 is 17.9 Å². The monoisotopic (exact) mass is 599 g/mol. The Morgan fingerprint density at radius 1 is 1.15 bits per heavy atom. The number of amides is 1. The van der Waals surface area contributed by atoms with Gasteiger partial charge in [-0.05, 0) is 58.2 Å². The number of nitrogens with zero attached hydrogens (tertiary/aromatic N) is 5. The molecule has 5 rings (SSSR count). The molecule has 0 saturated heterocycles. The maximum atomic E-state index is 13.4. The lowest BCUT2D eigenvalue weighted by molar-refractivity contribution is 0.0927. The fourth-order valence-electron chi connectivity index (χ4n) is 5.06. The molecule has 2 aliphatic rings. The van der Waals surface area contributed by atoms with E-state index in [2.05, 4.69) is 41.9 Å². The summed E-state index contributed by atoms with van der Waals surface area (Å²) in [5, 5.41) is 3.07. The summed E-state index contributed by atoms with van der Waals surface area (Å²) in [6.45, 7) is 3.11. The molecule has 3 aromatic heterocycles. The fraction of sp³-hybridized carbons (Fsp3) is 0.536. The van der Waals surface area contributed by atoms with Gasteiger partial charge in [-0.2, -0.15) is 0 Å². The van der Waals surface area contributed by atoms with Crippen molar-refractivity contribution in [2.45, 2.75) is 75.6 Å². The van der Waals surface area contributed by atoms with Gasteiger partial charge in [-0.3, -0.25) is 19.5 Å². The number of rotatable bonds is 13. The molecule has 3 aromatic rings. The van der Waals surface area contributed by atoms with Gasteiger partial charge in [0.25, 0.3) is 5.91 Å². The summed E-state index contributed by atoms with van der Waals surface area (Å²) in [7, 11) is -1.29. The lowest BCUT2D eigenvalue weighted by Gasteiger charge is -2.32. The lowest BCUT2D eigenvalue weighted by atomic mass is 9.94. The maximum Gasteiger partial charge on any atom is 0.280 e. The van der Waals surface area contributed by atoms with Crippen molar-refractivity contribution in [3.63, 3.8) is 0 Å². The molecule has 2 N–H and O–H groups in total. The van der Waals surface area contributed by atoms with Gasteiger partial charge in [0.1, 0.15) is 5.69 Å². The number of sulfonamides is 1. The van der Waals surface area contributed by atoms with Crippen molar-refractivity contribution in [2.24, 2.45) is 0 Å². The van der Waals surface area contributed by atoms with Gasteiger partial charge in [-0.1, -0.05) is 19.3 Å². The van der Waals surface area contributed by atoms with Crippen molar-refractivity contribution in [1.82, 2.24) is 30.2 Å². The van der Waals surface area contributed by atoms with Crippen LogP contribution in [0.25, 0.3) is 10.6 Å². The van der Waals surface area contributed by atoms with Crippen LogP contribution >= 0.6 is 11.3 Å². The standard InChI is InChI=1S/C28H37N7O4S2/c1-3-39-26-18-29-16-24(32-26)25-17-31-28(40-25)27(36)33-22(12-14-35(2)20-7-5-4-6-8-20)23-15-19(11-13-30-23)34-41(37,38)21-9-10-21/h11,13,15-18,20-22H,3-10,12,14H2,1-2H3,(H,30,34)(H,33,36)/t22-/m1/s1. The molecule has 0 unspecified atom stereocenters. The van der Waals surface area contributed by atoms with Crippen LogP contribution in [0.5, 0.6) is 5.88 Å². The van der Waals surface area contributed by atoms with E-state index in [-0.39, 0.29) is 11.2 Å². The van der Waals surface area contributed by atoms with Crippen LogP contribution in [0.2, 0.25) is 0 Å². The predicted octanol–water partition coefficient (Wildman–Crippen LogP) is 4.42. The van der Waals surface area contributed by atoms with E-state index in [0.29, 0.717) is 64.8 Å². The average Bonchev–Trinajstić information content (AvgIpc) is 3.73. The van der Waals surface area contributed by atoms with Crippen LogP contribution in [0.4, 0.5) is 5.69 Å². The molecule has 0 bridgehead atoms. The molecule has 11 nitrogen and oxygen atoms in total. The van der Waals surface area contributed by atoms with E-state index in [1.807, 2.05) is 6.92 Å². The molecule has 1 amide bonds. The highest BCUT2D eigenvalue weighted by Gasteiger charge is 2.36. The molecular formula is C28H37N7O4S2. The fourth-order valence-corrected chi connectivity index (χ4v) is 7.21. The second-order valence-electron chi connectivity index (χ2n) is 10.6. The number of aromatic nitrogens is 4. The molecule has 220 valence electrons. The second-order valence-corrected chi connectivity index (χ2v) is 13.6. The van der Waals surface area contributed by atoms with Gasteiger partial charge >= 0.3 is 0 Å². The highest BCUT2D eigenvalue weighted by atomic mass is 32.2. The summed E-state index contributed by atoms with van der Waals surface area (Å²) in [5.74, 6) is 0.0843. The van der Waals surface area contributed by atoms with Gasteiger partial charge in [0.2, 0.25) is 15.9 Å². The Kier molecular flexibility index (Phi) is 9.46. The molecule has 13 heteroatoms. The number of carbonyl (C=O) groups is 1. The van der Waals surface area contributed by atoms with E-state index in [1.165, 1.54) is 43.4 Å². The molecule has 0 radical (unpaired) electrons. The molecule has 41 heavy (non-hydrogen) atoms. The van der Waals surface area contributed by atoms with Crippen molar-refractivity contribution in [1.29, 1.82) is 0 Å². The minimum absolute atomic E-state index is 0.292. The Labute approximate surface area is 245 Å². The highest BCUT2D eigenvalue weighted by Crippen LogP contribution is 2.31. The quantitative estimate of drug-likeness (QED) is 0.292. The number of anilines is 1. The van der Waals surface area contributed by atoms with Crippen LogP contribution in [0.3, 0.4) is 0 Å². The Balaban J connectivity index is 1.33. The minimum atomic E-state index is -3.42. The second kappa shape index (κ2) is 13.2. The Morgan fingerprint density at radius 3 is 2.71 bits per heavy atom. The first-order chi connectivity index (χ1) is 19.8. The smallest absolute Gasteiger partial charge is 0.280 e. The number of hydrogen-bond donors (Lipinski definition) is 2. The van der Waals surface area contributed by atoms with Gasteiger partial charge in [-0.25, -0.2) is 18.4 Å². The molecular weight excluding hydrogens is 562 g/mol. The van der Waals surface area contributed by atoms with Crippen LogP contribution < -0.4 is 14.8 Å². The normalized spacial score (nSPS) is 16.9. The van der Waals surface area contributed by atoms with Crippen LogP contribution in [0.1, 0.15) is 79.8 Å². The van der Waals surface area contributed by atoms with Crippen molar-refractivity contribution in [3.05, 3.63) is 47.6 Å². The van der Waals surface area contributed by atoms with Gasteiger partial charge in [0.15, 0.2) is 5.01 Å². The lowest BCUT2D eigenvalue weighted by Crippen LogP contribution is -2.37. The van der Waals surface area contributed by atoms with E-state index < -0.39 is 16.1 Å². The van der Waals surface area contributed by atoms with Crippen LogP contribution in [0, 0.1) is 0 Å². The van der Waals surface area contributed by atoms with Crippen LogP contribution in [0.15, 0.2) is 36.9 Å². The number of ether oxygens (including phenoxy) is 1. The number of thiazole rings is 1. The van der Waals surface area contributed by atoms with Gasteiger partial charge in [-0.15, -0.1) is 11.3 Å². The first-order valence-corrected chi connectivity index (χ1v) is 16.6. The highest BCUT2D eigenvalue weighted by molar-refractivity contribution is 7.93. The van der Waals surface area contributed by atoms with E-state index in [9.17, 15) is 13.2 Å². The van der Waals surface area contributed by atoms with E-state index in [4.69, 9.17) is 4.74 Å². The number of hydrogen-bond acceptors (Lipinski definition) is 10. The summed E-state index contributed by atoms with van der Waals surface area (Å²) in [6.07, 6.45) is 14.4. The minimum Gasteiger partial charge on any atom is -0.477 e. The van der Waals surface area contributed by atoms with E-state index in [0.717, 1.165) is 6.54 Å².